The highest BCUT2D eigenvalue weighted by atomic mass is 32.1. The number of amides is 1. The molecule has 0 aromatic carbocycles. The van der Waals surface area contributed by atoms with Gasteiger partial charge in [-0.3, -0.25) is 4.79 Å². The van der Waals surface area contributed by atoms with Crippen LogP contribution >= 0.6 is 11.3 Å². The predicted molar refractivity (Wildman–Crippen MR) is 87.8 cm³/mol. The van der Waals surface area contributed by atoms with Gasteiger partial charge in [0.05, 0.1) is 11.4 Å². The van der Waals surface area contributed by atoms with E-state index in [-0.39, 0.29) is 11.4 Å². The number of hydrogen-bond acceptors (Lipinski definition) is 5. The minimum Gasteiger partial charge on any atom is -0.397 e. The van der Waals surface area contributed by atoms with Crippen LogP contribution in [0.2, 0.25) is 0 Å². The van der Waals surface area contributed by atoms with Crippen molar-refractivity contribution in [2.45, 2.75) is 53.0 Å². The molecule has 0 aliphatic rings. The van der Waals surface area contributed by atoms with Crippen molar-refractivity contribution in [1.29, 1.82) is 0 Å². The molecule has 2 heterocycles. The van der Waals surface area contributed by atoms with Crippen molar-refractivity contribution in [1.82, 2.24) is 15.5 Å². The second kappa shape index (κ2) is 5.60. The number of nitrogens with two attached hydrogens (primary N) is 1. The third-order valence-electron chi connectivity index (χ3n) is 3.22. The predicted octanol–water partition coefficient (Wildman–Crippen LogP) is 2.93. The third-order valence-corrected chi connectivity index (χ3v) is 4.31. The monoisotopic (exact) mass is 306 g/mol. The second-order valence-electron chi connectivity index (χ2n) is 6.06. The van der Waals surface area contributed by atoms with Gasteiger partial charge < -0.3 is 11.1 Å². The Morgan fingerprint density at radius 1 is 1.24 bits per heavy atom. The first-order chi connectivity index (χ1) is 9.78. The SMILES string of the molecule is CCc1nnc2sc(C(=O)NC(C)(C)C)c(N)c2c1CC. The van der Waals surface area contributed by atoms with Gasteiger partial charge in [0, 0.05) is 10.9 Å². The largest absolute Gasteiger partial charge is 0.397 e. The molecule has 0 aliphatic carbocycles. The molecule has 0 saturated carbocycles. The fourth-order valence-electron chi connectivity index (χ4n) is 2.33. The number of aryl methyl sites for hydroxylation is 2. The molecule has 0 bridgehead atoms. The Kier molecular flexibility index (Phi) is 4.18. The number of carbonyl (C=O) groups excluding carboxylic acids is 1. The topological polar surface area (TPSA) is 80.9 Å². The van der Waals surface area contributed by atoms with E-state index in [1.807, 2.05) is 27.7 Å². The molecule has 0 radical (unpaired) electrons. The van der Waals surface area contributed by atoms with E-state index in [2.05, 4.69) is 22.4 Å². The van der Waals surface area contributed by atoms with Crippen LogP contribution in [0, 0.1) is 0 Å². The van der Waals surface area contributed by atoms with E-state index in [1.54, 1.807) is 0 Å². The molecule has 2 aromatic rings. The van der Waals surface area contributed by atoms with Gasteiger partial charge in [0.1, 0.15) is 9.71 Å². The Hall–Kier alpha value is -1.69. The lowest BCUT2D eigenvalue weighted by molar-refractivity contribution is 0.0924. The summed E-state index contributed by atoms with van der Waals surface area (Å²) in [6.07, 6.45) is 1.64. The van der Waals surface area contributed by atoms with E-state index in [9.17, 15) is 4.79 Å². The van der Waals surface area contributed by atoms with E-state index >= 15 is 0 Å². The van der Waals surface area contributed by atoms with Crippen molar-refractivity contribution in [3.05, 3.63) is 16.1 Å². The highest BCUT2D eigenvalue weighted by Gasteiger charge is 2.23. The first-order valence-corrected chi connectivity index (χ1v) is 7.99. The smallest absolute Gasteiger partial charge is 0.263 e. The molecule has 0 unspecified atom stereocenters. The molecule has 2 rings (SSSR count). The molecule has 0 spiro atoms. The molecular formula is C15H22N4OS. The average Bonchev–Trinajstić information content (AvgIpc) is 2.73. The number of carbonyl (C=O) groups is 1. The summed E-state index contributed by atoms with van der Waals surface area (Å²) in [5.41, 5.74) is 8.53. The Bertz CT molecular complexity index is 685. The number of thiophene rings is 1. The van der Waals surface area contributed by atoms with Gasteiger partial charge in [-0.2, -0.15) is 5.10 Å². The van der Waals surface area contributed by atoms with Gasteiger partial charge >= 0.3 is 0 Å². The maximum atomic E-state index is 12.4. The summed E-state index contributed by atoms with van der Waals surface area (Å²) in [6, 6.07) is 0. The van der Waals surface area contributed by atoms with Crippen molar-refractivity contribution in [2.24, 2.45) is 0 Å². The number of rotatable bonds is 3. The number of fused-ring (bicyclic) bond motifs is 1. The molecule has 21 heavy (non-hydrogen) atoms. The van der Waals surface area contributed by atoms with E-state index in [1.165, 1.54) is 11.3 Å². The van der Waals surface area contributed by atoms with Gasteiger partial charge in [-0.1, -0.05) is 13.8 Å². The van der Waals surface area contributed by atoms with Crippen LogP contribution in [0.25, 0.3) is 10.2 Å². The average molecular weight is 306 g/mol. The highest BCUT2D eigenvalue weighted by Crippen LogP contribution is 2.35. The molecule has 114 valence electrons. The van der Waals surface area contributed by atoms with E-state index in [4.69, 9.17) is 5.73 Å². The summed E-state index contributed by atoms with van der Waals surface area (Å²) in [5, 5.41) is 12.3. The number of anilines is 1. The molecule has 5 nitrogen and oxygen atoms in total. The van der Waals surface area contributed by atoms with Crippen LogP contribution in [0.3, 0.4) is 0 Å². The lowest BCUT2D eigenvalue weighted by Crippen LogP contribution is -2.40. The zero-order chi connectivity index (χ0) is 15.8. The summed E-state index contributed by atoms with van der Waals surface area (Å²) in [4.78, 5) is 13.6. The minimum atomic E-state index is -0.298. The molecular weight excluding hydrogens is 284 g/mol. The van der Waals surface area contributed by atoms with Crippen LogP contribution in [0.5, 0.6) is 0 Å². The molecule has 2 aromatic heterocycles. The number of aromatic nitrogens is 2. The van der Waals surface area contributed by atoms with Crippen LogP contribution < -0.4 is 11.1 Å². The van der Waals surface area contributed by atoms with Crippen LogP contribution in [0.1, 0.15) is 55.5 Å². The van der Waals surface area contributed by atoms with Crippen LogP contribution in [-0.4, -0.2) is 21.6 Å². The van der Waals surface area contributed by atoms with Gasteiger partial charge in [0.2, 0.25) is 0 Å². The lowest BCUT2D eigenvalue weighted by atomic mass is 10.0. The van der Waals surface area contributed by atoms with Crippen molar-refractivity contribution < 1.29 is 4.79 Å². The number of nitrogens with zero attached hydrogens (tertiary/aromatic N) is 2. The minimum absolute atomic E-state index is 0.150. The first-order valence-electron chi connectivity index (χ1n) is 7.17. The second-order valence-corrected chi connectivity index (χ2v) is 7.06. The Morgan fingerprint density at radius 2 is 1.90 bits per heavy atom. The summed E-state index contributed by atoms with van der Waals surface area (Å²) in [5.74, 6) is -0.150. The van der Waals surface area contributed by atoms with Gasteiger partial charge in [-0.25, -0.2) is 0 Å². The fourth-order valence-corrected chi connectivity index (χ4v) is 3.30. The lowest BCUT2D eigenvalue weighted by Gasteiger charge is -2.20. The molecule has 0 saturated heterocycles. The summed E-state index contributed by atoms with van der Waals surface area (Å²) in [6.45, 7) is 9.95. The van der Waals surface area contributed by atoms with Gasteiger partial charge in [-0.15, -0.1) is 16.4 Å². The summed E-state index contributed by atoms with van der Waals surface area (Å²) >= 11 is 1.31. The summed E-state index contributed by atoms with van der Waals surface area (Å²) in [7, 11) is 0. The molecule has 1 amide bonds. The van der Waals surface area contributed by atoms with Gasteiger partial charge in [-0.05, 0) is 39.2 Å². The molecule has 0 fully saturated rings. The Morgan fingerprint density at radius 3 is 2.43 bits per heavy atom. The van der Waals surface area contributed by atoms with Crippen molar-refractivity contribution in [2.75, 3.05) is 5.73 Å². The molecule has 0 aliphatic heterocycles. The number of hydrogen-bond donors (Lipinski definition) is 2. The fraction of sp³-hybridized carbons (Fsp3) is 0.533. The normalized spacial score (nSPS) is 11.9. The van der Waals surface area contributed by atoms with Crippen molar-refractivity contribution in [3.8, 4) is 0 Å². The van der Waals surface area contributed by atoms with Crippen molar-refractivity contribution >= 4 is 33.1 Å². The third kappa shape index (κ3) is 3.00. The number of nitrogens with one attached hydrogen (secondary N) is 1. The summed E-state index contributed by atoms with van der Waals surface area (Å²) < 4.78 is 0. The molecule has 6 heteroatoms. The standard InChI is InChI=1S/C15H22N4OS/c1-6-8-9(7-2)18-19-14-10(8)11(16)12(21-14)13(20)17-15(3,4)5/h6-7,16H2,1-5H3,(H,17,20). The highest BCUT2D eigenvalue weighted by molar-refractivity contribution is 7.21. The van der Waals surface area contributed by atoms with Crippen LogP contribution in [-0.2, 0) is 12.8 Å². The van der Waals surface area contributed by atoms with E-state index < -0.39 is 0 Å². The van der Waals surface area contributed by atoms with Crippen LogP contribution in [0.15, 0.2) is 0 Å². The maximum absolute atomic E-state index is 12.4. The van der Waals surface area contributed by atoms with E-state index in [0.717, 1.165) is 34.3 Å². The number of nitrogen functional groups attached to an aromatic ring is 1. The zero-order valence-electron chi connectivity index (χ0n) is 13.2. The molecule has 3 N–H and O–H groups in total. The quantitative estimate of drug-likeness (QED) is 0.913. The van der Waals surface area contributed by atoms with Crippen molar-refractivity contribution in [3.63, 3.8) is 0 Å². The Labute approximate surface area is 128 Å². The molecule has 0 atom stereocenters. The van der Waals surface area contributed by atoms with Gasteiger partial charge in [0.25, 0.3) is 5.91 Å². The zero-order valence-corrected chi connectivity index (χ0v) is 14.0. The van der Waals surface area contributed by atoms with Crippen LogP contribution in [0.4, 0.5) is 5.69 Å². The van der Waals surface area contributed by atoms with Gasteiger partial charge in [0.15, 0.2) is 0 Å². The van der Waals surface area contributed by atoms with E-state index in [0.29, 0.717) is 10.6 Å². The Balaban J connectivity index is 2.59. The first kappa shape index (κ1) is 15.7. The maximum Gasteiger partial charge on any atom is 0.263 e.